The maximum Gasteiger partial charge on any atom is 0.164 e. The van der Waals surface area contributed by atoms with E-state index in [1.54, 1.807) is 0 Å². The Morgan fingerprint density at radius 3 is 2.76 bits per heavy atom. The van der Waals surface area contributed by atoms with Crippen LogP contribution in [0.5, 0.6) is 11.5 Å². The van der Waals surface area contributed by atoms with Crippen LogP contribution in [0.15, 0.2) is 12.1 Å². The van der Waals surface area contributed by atoms with Gasteiger partial charge in [-0.05, 0) is 37.0 Å². The van der Waals surface area contributed by atoms with Gasteiger partial charge in [-0.1, -0.05) is 6.07 Å². The molecule has 1 fully saturated rings. The molecule has 0 bridgehead atoms. The van der Waals surface area contributed by atoms with Crippen LogP contribution in [0.4, 0.5) is 0 Å². The molecule has 0 radical (unpaired) electrons. The summed E-state index contributed by atoms with van der Waals surface area (Å²) in [6.07, 6.45) is 3.48. The molecule has 0 saturated heterocycles. The molecular formula is C14H18O3. The van der Waals surface area contributed by atoms with Gasteiger partial charge in [0.05, 0.1) is 18.8 Å². The number of rotatable bonds is 2. The van der Waals surface area contributed by atoms with Crippen LogP contribution in [0.25, 0.3) is 0 Å². The third-order valence-corrected chi connectivity index (χ3v) is 3.45. The molecule has 1 N–H and O–H groups in total. The molecule has 1 heterocycles. The van der Waals surface area contributed by atoms with Gasteiger partial charge in [0.15, 0.2) is 11.5 Å². The summed E-state index contributed by atoms with van der Waals surface area (Å²) < 4.78 is 11.4. The fourth-order valence-electron chi connectivity index (χ4n) is 2.32. The van der Waals surface area contributed by atoms with E-state index < -0.39 is 5.60 Å². The maximum absolute atomic E-state index is 9.96. The van der Waals surface area contributed by atoms with E-state index in [1.807, 2.05) is 13.0 Å². The molecule has 1 saturated carbocycles. The molecule has 2 aliphatic rings. The fourth-order valence-corrected chi connectivity index (χ4v) is 2.32. The van der Waals surface area contributed by atoms with E-state index in [-0.39, 0.29) is 0 Å². The first kappa shape index (κ1) is 10.9. The molecule has 1 aromatic rings. The number of aryl methyl sites for hydroxylation is 1. The summed E-state index contributed by atoms with van der Waals surface area (Å²) in [6.45, 7) is 3.46. The van der Waals surface area contributed by atoms with Gasteiger partial charge in [-0.2, -0.15) is 0 Å². The molecule has 1 aliphatic carbocycles. The van der Waals surface area contributed by atoms with Crippen molar-refractivity contribution >= 4 is 0 Å². The second kappa shape index (κ2) is 3.91. The average molecular weight is 234 g/mol. The standard InChI is InChI=1S/C14H18O3/c1-10-7-11(9-14(15)3-4-14)8-12-13(10)17-6-2-5-16-12/h7-8,15H,2-6,9H2,1H3. The lowest BCUT2D eigenvalue weighted by Gasteiger charge is -2.14. The van der Waals surface area contributed by atoms with Crippen LogP contribution >= 0.6 is 0 Å². The Hall–Kier alpha value is -1.22. The summed E-state index contributed by atoms with van der Waals surface area (Å²) in [5, 5.41) is 9.96. The molecule has 3 nitrogen and oxygen atoms in total. The predicted molar refractivity (Wildman–Crippen MR) is 64.7 cm³/mol. The Bertz CT molecular complexity index is 435. The summed E-state index contributed by atoms with van der Waals surface area (Å²) >= 11 is 0. The molecular weight excluding hydrogens is 216 g/mol. The van der Waals surface area contributed by atoms with Crippen LogP contribution in [0.3, 0.4) is 0 Å². The maximum atomic E-state index is 9.96. The van der Waals surface area contributed by atoms with E-state index in [2.05, 4.69) is 6.07 Å². The van der Waals surface area contributed by atoms with Crippen molar-refractivity contribution in [3.05, 3.63) is 23.3 Å². The van der Waals surface area contributed by atoms with E-state index in [9.17, 15) is 5.11 Å². The minimum atomic E-state index is -0.452. The van der Waals surface area contributed by atoms with Gasteiger partial charge in [0.25, 0.3) is 0 Å². The van der Waals surface area contributed by atoms with Gasteiger partial charge < -0.3 is 14.6 Å². The monoisotopic (exact) mass is 234 g/mol. The number of hydrogen-bond donors (Lipinski definition) is 1. The van der Waals surface area contributed by atoms with Crippen LogP contribution in [0.1, 0.15) is 30.4 Å². The zero-order chi connectivity index (χ0) is 11.9. The van der Waals surface area contributed by atoms with Gasteiger partial charge in [-0.3, -0.25) is 0 Å². The second-order valence-electron chi connectivity index (χ2n) is 5.19. The van der Waals surface area contributed by atoms with Crippen LogP contribution in [0.2, 0.25) is 0 Å². The highest BCUT2D eigenvalue weighted by Crippen LogP contribution is 2.41. The van der Waals surface area contributed by atoms with Crippen molar-refractivity contribution in [1.82, 2.24) is 0 Å². The molecule has 1 aromatic carbocycles. The average Bonchev–Trinajstić information content (AvgIpc) is 3.02. The van der Waals surface area contributed by atoms with Crippen molar-refractivity contribution in [1.29, 1.82) is 0 Å². The summed E-state index contributed by atoms with van der Waals surface area (Å²) in [4.78, 5) is 0. The Balaban J connectivity index is 1.91. The highest BCUT2D eigenvalue weighted by Gasteiger charge is 2.40. The molecule has 3 rings (SSSR count). The van der Waals surface area contributed by atoms with Gasteiger partial charge in [0.2, 0.25) is 0 Å². The van der Waals surface area contributed by atoms with E-state index in [4.69, 9.17) is 9.47 Å². The van der Waals surface area contributed by atoms with Gasteiger partial charge in [0.1, 0.15) is 0 Å². The SMILES string of the molecule is Cc1cc(CC2(O)CC2)cc2c1OCCCO2. The van der Waals surface area contributed by atoms with Crippen molar-refractivity contribution in [3.8, 4) is 11.5 Å². The number of fused-ring (bicyclic) bond motifs is 1. The zero-order valence-electron chi connectivity index (χ0n) is 10.2. The first-order valence-corrected chi connectivity index (χ1v) is 6.28. The van der Waals surface area contributed by atoms with Crippen LogP contribution in [-0.2, 0) is 6.42 Å². The summed E-state index contributed by atoms with van der Waals surface area (Å²) in [5.41, 5.74) is 1.79. The molecule has 0 aromatic heterocycles. The van der Waals surface area contributed by atoms with Crippen molar-refractivity contribution in [2.45, 2.75) is 38.2 Å². The van der Waals surface area contributed by atoms with Crippen LogP contribution in [-0.4, -0.2) is 23.9 Å². The fraction of sp³-hybridized carbons (Fsp3) is 0.571. The lowest BCUT2D eigenvalue weighted by molar-refractivity contribution is 0.151. The highest BCUT2D eigenvalue weighted by molar-refractivity contribution is 5.49. The van der Waals surface area contributed by atoms with Gasteiger partial charge in [-0.15, -0.1) is 0 Å². The number of ether oxygens (including phenoxy) is 2. The third-order valence-electron chi connectivity index (χ3n) is 3.45. The van der Waals surface area contributed by atoms with Gasteiger partial charge in [-0.25, -0.2) is 0 Å². The first-order chi connectivity index (χ1) is 8.16. The van der Waals surface area contributed by atoms with Crippen molar-refractivity contribution in [2.75, 3.05) is 13.2 Å². The zero-order valence-corrected chi connectivity index (χ0v) is 10.2. The molecule has 0 amide bonds. The number of hydrogen-bond acceptors (Lipinski definition) is 3. The molecule has 0 atom stereocenters. The van der Waals surface area contributed by atoms with Gasteiger partial charge in [0, 0.05) is 12.8 Å². The topological polar surface area (TPSA) is 38.7 Å². The molecule has 92 valence electrons. The highest BCUT2D eigenvalue weighted by atomic mass is 16.5. The lowest BCUT2D eigenvalue weighted by Crippen LogP contribution is -2.11. The first-order valence-electron chi connectivity index (χ1n) is 6.28. The molecule has 3 heteroatoms. The molecule has 1 aliphatic heterocycles. The largest absolute Gasteiger partial charge is 0.490 e. The van der Waals surface area contributed by atoms with Crippen molar-refractivity contribution < 1.29 is 14.6 Å². The Morgan fingerprint density at radius 1 is 1.24 bits per heavy atom. The Morgan fingerprint density at radius 2 is 2.00 bits per heavy atom. The summed E-state index contributed by atoms with van der Waals surface area (Å²) in [5.74, 6) is 1.70. The summed E-state index contributed by atoms with van der Waals surface area (Å²) in [7, 11) is 0. The normalized spacial score (nSPS) is 20.8. The summed E-state index contributed by atoms with van der Waals surface area (Å²) in [6, 6.07) is 4.12. The Kier molecular flexibility index (Phi) is 2.51. The minimum Gasteiger partial charge on any atom is -0.490 e. The van der Waals surface area contributed by atoms with Crippen molar-refractivity contribution in [3.63, 3.8) is 0 Å². The molecule has 0 spiro atoms. The number of benzene rings is 1. The molecule has 0 unspecified atom stereocenters. The lowest BCUT2D eigenvalue weighted by atomic mass is 10.0. The minimum absolute atomic E-state index is 0.452. The predicted octanol–water partition coefficient (Wildman–Crippen LogP) is 2.22. The number of aliphatic hydroxyl groups is 1. The van der Waals surface area contributed by atoms with Gasteiger partial charge >= 0.3 is 0 Å². The Labute approximate surface area is 101 Å². The van der Waals surface area contributed by atoms with E-state index in [0.717, 1.165) is 54.9 Å². The van der Waals surface area contributed by atoms with Crippen molar-refractivity contribution in [2.24, 2.45) is 0 Å². The van der Waals surface area contributed by atoms with E-state index in [1.165, 1.54) is 0 Å². The van der Waals surface area contributed by atoms with E-state index in [0.29, 0.717) is 6.61 Å². The second-order valence-corrected chi connectivity index (χ2v) is 5.19. The van der Waals surface area contributed by atoms with E-state index >= 15 is 0 Å². The third kappa shape index (κ3) is 2.25. The quantitative estimate of drug-likeness (QED) is 0.852. The van der Waals surface area contributed by atoms with Crippen LogP contribution < -0.4 is 9.47 Å². The smallest absolute Gasteiger partial charge is 0.164 e. The van der Waals surface area contributed by atoms with Crippen LogP contribution in [0, 0.1) is 6.92 Å². The molecule has 17 heavy (non-hydrogen) atoms.